The zero-order valence-electron chi connectivity index (χ0n) is 14.3. The Bertz CT molecular complexity index is 558. The standard InChI is InChI=1S/C18H25NO5/c1-13(22-11-14-6-5-9-21-14)18(20)19(2)10-15-12-23-16-7-3-4-8-17(16)24-15/h3-4,7-8,13-15H,5-6,9-12H2,1-2H3/t13-,14-,15-/m0/s1. The van der Waals surface area contributed by atoms with Gasteiger partial charge in [-0.25, -0.2) is 0 Å². The fourth-order valence-electron chi connectivity index (χ4n) is 2.96. The molecule has 2 aliphatic rings. The minimum atomic E-state index is -0.490. The van der Waals surface area contributed by atoms with E-state index in [9.17, 15) is 4.79 Å². The van der Waals surface area contributed by atoms with Crippen LogP contribution in [0, 0.1) is 0 Å². The number of carbonyl (C=O) groups is 1. The summed E-state index contributed by atoms with van der Waals surface area (Å²) in [6.07, 6.45) is 1.52. The normalized spacial score (nSPS) is 23.8. The smallest absolute Gasteiger partial charge is 0.251 e. The molecule has 6 nitrogen and oxygen atoms in total. The number of rotatable bonds is 6. The molecule has 0 radical (unpaired) electrons. The molecule has 2 aliphatic heterocycles. The summed E-state index contributed by atoms with van der Waals surface area (Å²) in [5.41, 5.74) is 0. The van der Waals surface area contributed by atoms with Gasteiger partial charge in [0.15, 0.2) is 17.6 Å². The Morgan fingerprint density at radius 2 is 2.12 bits per heavy atom. The molecule has 2 heterocycles. The highest BCUT2D eigenvalue weighted by molar-refractivity contribution is 5.80. The minimum absolute atomic E-state index is 0.0598. The maximum Gasteiger partial charge on any atom is 0.251 e. The summed E-state index contributed by atoms with van der Waals surface area (Å²) in [6.45, 7) is 3.93. The second kappa shape index (κ2) is 7.85. The molecule has 0 aliphatic carbocycles. The van der Waals surface area contributed by atoms with E-state index in [1.807, 2.05) is 24.3 Å². The van der Waals surface area contributed by atoms with E-state index in [-0.39, 0.29) is 18.1 Å². The number of hydrogen-bond acceptors (Lipinski definition) is 5. The van der Waals surface area contributed by atoms with Crippen molar-refractivity contribution in [2.75, 3.05) is 33.4 Å². The molecule has 1 aromatic carbocycles. The van der Waals surface area contributed by atoms with Crippen molar-refractivity contribution in [1.29, 1.82) is 0 Å². The van der Waals surface area contributed by atoms with Gasteiger partial charge in [0.05, 0.1) is 19.3 Å². The summed E-state index contributed by atoms with van der Waals surface area (Å²) < 4.78 is 22.8. The van der Waals surface area contributed by atoms with E-state index in [2.05, 4.69) is 0 Å². The number of benzene rings is 1. The fourth-order valence-corrected chi connectivity index (χ4v) is 2.96. The molecule has 6 heteroatoms. The first-order valence-electron chi connectivity index (χ1n) is 8.50. The number of hydrogen-bond donors (Lipinski definition) is 0. The van der Waals surface area contributed by atoms with Gasteiger partial charge in [0, 0.05) is 13.7 Å². The van der Waals surface area contributed by atoms with Crippen molar-refractivity contribution in [2.45, 2.75) is 38.1 Å². The van der Waals surface area contributed by atoms with Crippen LogP contribution in [0.25, 0.3) is 0 Å². The van der Waals surface area contributed by atoms with Crippen LogP contribution in [0.5, 0.6) is 11.5 Å². The molecule has 0 N–H and O–H groups in total. The third-order valence-electron chi connectivity index (χ3n) is 4.33. The van der Waals surface area contributed by atoms with Crippen LogP contribution in [0.1, 0.15) is 19.8 Å². The van der Waals surface area contributed by atoms with E-state index in [0.29, 0.717) is 19.8 Å². The van der Waals surface area contributed by atoms with Crippen molar-refractivity contribution >= 4 is 5.91 Å². The Morgan fingerprint density at radius 1 is 1.33 bits per heavy atom. The number of likely N-dealkylation sites (N-methyl/N-ethyl adjacent to an activating group) is 1. The van der Waals surface area contributed by atoms with Gasteiger partial charge in [-0.1, -0.05) is 12.1 Å². The second-order valence-electron chi connectivity index (χ2n) is 6.33. The largest absolute Gasteiger partial charge is 0.486 e. The molecule has 0 unspecified atom stereocenters. The Morgan fingerprint density at radius 3 is 2.88 bits per heavy atom. The number of amides is 1. The van der Waals surface area contributed by atoms with Gasteiger partial charge >= 0.3 is 0 Å². The minimum Gasteiger partial charge on any atom is -0.486 e. The van der Waals surface area contributed by atoms with Crippen LogP contribution < -0.4 is 9.47 Å². The van der Waals surface area contributed by atoms with E-state index in [0.717, 1.165) is 30.9 Å². The molecule has 0 saturated carbocycles. The van der Waals surface area contributed by atoms with Gasteiger partial charge in [0.25, 0.3) is 5.91 Å². The maximum absolute atomic E-state index is 12.4. The Hall–Kier alpha value is -1.79. The first-order chi connectivity index (χ1) is 11.6. The van der Waals surface area contributed by atoms with E-state index in [4.69, 9.17) is 18.9 Å². The summed E-state index contributed by atoms with van der Waals surface area (Å²) in [6, 6.07) is 7.56. The number of para-hydroxylation sites is 2. The van der Waals surface area contributed by atoms with Gasteiger partial charge in [-0.2, -0.15) is 0 Å². The van der Waals surface area contributed by atoms with Crippen molar-refractivity contribution in [1.82, 2.24) is 4.90 Å². The number of ether oxygens (including phenoxy) is 4. The van der Waals surface area contributed by atoms with Crippen LogP contribution in [0.15, 0.2) is 24.3 Å². The fraction of sp³-hybridized carbons (Fsp3) is 0.611. The highest BCUT2D eigenvalue weighted by Gasteiger charge is 2.27. The molecule has 3 rings (SSSR count). The lowest BCUT2D eigenvalue weighted by atomic mass is 10.2. The zero-order chi connectivity index (χ0) is 16.9. The zero-order valence-corrected chi connectivity index (χ0v) is 14.3. The van der Waals surface area contributed by atoms with Crippen LogP contribution >= 0.6 is 0 Å². The van der Waals surface area contributed by atoms with Crippen LogP contribution in [0.4, 0.5) is 0 Å². The molecule has 1 saturated heterocycles. The van der Waals surface area contributed by atoms with E-state index >= 15 is 0 Å². The van der Waals surface area contributed by atoms with Crippen molar-refractivity contribution in [2.24, 2.45) is 0 Å². The average molecular weight is 335 g/mol. The first-order valence-corrected chi connectivity index (χ1v) is 8.50. The van der Waals surface area contributed by atoms with Gasteiger partial charge < -0.3 is 23.8 Å². The number of carbonyl (C=O) groups excluding carboxylic acids is 1. The molecule has 0 spiro atoms. The molecule has 24 heavy (non-hydrogen) atoms. The molecule has 1 aromatic rings. The number of fused-ring (bicyclic) bond motifs is 1. The highest BCUT2D eigenvalue weighted by atomic mass is 16.6. The van der Waals surface area contributed by atoms with Gasteiger partial charge in [-0.05, 0) is 31.9 Å². The Kier molecular flexibility index (Phi) is 5.58. The number of nitrogens with zero attached hydrogens (tertiary/aromatic N) is 1. The van der Waals surface area contributed by atoms with Crippen molar-refractivity contribution in [3.05, 3.63) is 24.3 Å². The van der Waals surface area contributed by atoms with Crippen molar-refractivity contribution in [3.63, 3.8) is 0 Å². The summed E-state index contributed by atoms with van der Waals surface area (Å²) in [7, 11) is 1.76. The van der Waals surface area contributed by atoms with E-state index < -0.39 is 6.10 Å². The van der Waals surface area contributed by atoms with Gasteiger partial charge in [-0.15, -0.1) is 0 Å². The van der Waals surface area contributed by atoms with Crippen LogP contribution in [0.2, 0.25) is 0 Å². The molecule has 0 bridgehead atoms. The third kappa shape index (κ3) is 4.19. The Labute approximate surface area is 142 Å². The molecule has 0 aromatic heterocycles. The second-order valence-corrected chi connectivity index (χ2v) is 6.33. The topological polar surface area (TPSA) is 57.2 Å². The summed E-state index contributed by atoms with van der Waals surface area (Å²) >= 11 is 0. The van der Waals surface area contributed by atoms with Crippen molar-refractivity contribution < 1.29 is 23.7 Å². The summed E-state index contributed by atoms with van der Waals surface area (Å²) in [5.74, 6) is 1.41. The monoisotopic (exact) mass is 335 g/mol. The van der Waals surface area contributed by atoms with Crippen LogP contribution in [-0.2, 0) is 14.3 Å². The molecular weight excluding hydrogens is 310 g/mol. The van der Waals surface area contributed by atoms with Gasteiger partial charge in [0.1, 0.15) is 12.7 Å². The SMILES string of the molecule is C[C@H](OC[C@@H]1CCCO1)C(=O)N(C)C[C@H]1COc2ccccc2O1. The molecule has 1 fully saturated rings. The van der Waals surface area contributed by atoms with Crippen LogP contribution in [0.3, 0.4) is 0 Å². The third-order valence-corrected chi connectivity index (χ3v) is 4.33. The molecule has 3 atom stereocenters. The lowest BCUT2D eigenvalue weighted by Crippen LogP contribution is -2.45. The average Bonchev–Trinajstić information content (AvgIpc) is 3.12. The van der Waals surface area contributed by atoms with E-state index in [1.54, 1.807) is 18.9 Å². The van der Waals surface area contributed by atoms with Crippen LogP contribution in [-0.4, -0.2) is 62.5 Å². The Balaban J connectivity index is 1.45. The summed E-state index contributed by atoms with van der Waals surface area (Å²) in [4.78, 5) is 14.1. The maximum atomic E-state index is 12.4. The molecule has 1 amide bonds. The first kappa shape index (κ1) is 17.0. The lowest BCUT2D eigenvalue weighted by Gasteiger charge is -2.30. The van der Waals surface area contributed by atoms with Gasteiger partial charge in [-0.3, -0.25) is 4.79 Å². The van der Waals surface area contributed by atoms with E-state index in [1.165, 1.54) is 0 Å². The molecular formula is C18H25NO5. The summed E-state index contributed by atoms with van der Waals surface area (Å²) in [5, 5.41) is 0. The predicted octanol–water partition coefficient (Wildman–Crippen LogP) is 1.87. The van der Waals surface area contributed by atoms with Gasteiger partial charge in [0.2, 0.25) is 0 Å². The quantitative estimate of drug-likeness (QED) is 0.794. The molecule has 132 valence electrons. The van der Waals surface area contributed by atoms with Crippen molar-refractivity contribution in [3.8, 4) is 11.5 Å². The highest BCUT2D eigenvalue weighted by Crippen LogP contribution is 2.31. The lowest BCUT2D eigenvalue weighted by molar-refractivity contribution is -0.144. The predicted molar refractivity (Wildman–Crippen MR) is 88.4 cm³/mol.